The molecule has 6 heteroatoms. The van der Waals surface area contributed by atoms with Crippen LogP contribution >= 0.6 is 11.3 Å². The minimum atomic E-state index is -1.14. The topological polar surface area (TPSA) is 79.3 Å². The predicted octanol–water partition coefficient (Wildman–Crippen LogP) is 2.45. The minimum absolute atomic E-state index is 0.123. The molecular weight excluding hydrogens is 288 g/mol. The number of amides is 1. The zero-order valence-corrected chi connectivity index (χ0v) is 12.4. The van der Waals surface area contributed by atoms with Crippen LogP contribution in [0.25, 0.3) is 0 Å². The molecule has 0 aliphatic heterocycles. The monoisotopic (exact) mass is 304 g/mol. The van der Waals surface area contributed by atoms with Crippen LogP contribution in [0, 0.1) is 5.92 Å². The number of carboxylic acids is 1. The van der Waals surface area contributed by atoms with E-state index in [1.165, 1.54) is 23.1 Å². The van der Waals surface area contributed by atoms with Crippen LogP contribution in [0.4, 0.5) is 0 Å². The lowest BCUT2D eigenvalue weighted by Gasteiger charge is -2.11. The quantitative estimate of drug-likeness (QED) is 0.859. The number of pyridine rings is 1. The van der Waals surface area contributed by atoms with Gasteiger partial charge in [0, 0.05) is 11.4 Å². The van der Waals surface area contributed by atoms with E-state index in [9.17, 15) is 9.59 Å². The third-order valence-electron chi connectivity index (χ3n) is 2.94. The van der Waals surface area contributed by atoms with Crippen molar-refractivity contribution in [2.75, 3.05) is 6.54 Å². The van der Waals surface area contributed by atoms with Crippen LogP contribution in [0.3, 0.4) is 0 Å². The van der Waals surface area contributed by atoms with Gasteiger partial charge in [0.2, 0.25) is 0 Å². The van der Waals surface area contributed by atoms with E-state index in [1.807, 2.05) is 11.4 Å². The van der Waals surface area contributed by atoms with E-state index in [0.717, 1.165) is 6.42 Å². The Hall–Kier alpha value is -2.21. The van der Waals surface area contributed by atoms with Crippen molar-refractivity contribution < 1.29 is 14.7 Å². The molecule has 2 N–H and O–H groups in total. The highest BCUT2D eigenvalue weighted by Crippen LogP contribution is 2.13. The molecule has 0 bridgehead atoms. The first-order valence-electron chi connectivity index (χ1n) is 6.57. The van der Waals surface area contributed by atoms with Gasteiger partial charge in [0.15, 0.2) is 0 Å². The maximum Gasteiger partial charge on any atom is 0.354 e. The van der Waals surface area contributed by atoms with Crippen molar-refractivity contribution in [1.29, 1.82) is 0 Å². The number of carboxylic acid groups (broad SMARTS) is 1. The van der Waals surface area contributed by atoms with Crippen molar-refractivity contribution in [3.8, 4) is 0 Å². The van der Waals surface area contributed by atoms with E-state index in [-0.39, 0.29) is 17.3 Å². The highest BCUT2D eigenvalue weighted by molar-refractivity contribution is 7.09. The first-order chi connectivity index (χ1) is 10.1. The molecule has 0 spiro atoms. The standard InChI is InChI=1S/C15H16N2O3S/c1-10(8-11-4-3-7-21-11)9-16-14(18)12-5-2-6-13(17-12)15(19)20/h2-7,10H,8-9H2,1H3,(H,16,18)(H,19,20). The van der Waals surface area contributed by atoms with Crippen molar-refractivity contribution in [2.45, 2.75) is 13.3 Å². The van der Waals surface area contributed by atoms with Crippen LogP contribution in [0.2, 0.25) is 0 Å². The molecule has 1 amide bonds. The smallest absolute Gasteiger partial charge is 0.354 e. The summed E-state index contributed by atoms with van der Waals surface area (Å²) in [5.74, 6) is -1.19. The molecule has 0 saturated carbocycles. The van der Waals surface area contributed by atoms with Gasteiger partial charge in [0.25, 0.3) is 5.91 Å². The molecule has 0 fully saturated rings. The van der Waals surface area contributed by atoms with E-state index in [1.54, 1.807) is 11.3 Å². The molecule has 0 aromatic carbocycles. The van der Waals surface area contributed by atoms with E-state index in [4.69, 9.17) is 5.11 Å². The Morgan fingerprint density at radius 1 is 1.29 bits per heavy atom. The molecule has 0 radical (unpaired) electrons. The number of aromatic nitrogens is 1. The molecule has 5 nitrogen and oxygen atoms in total. The number of aromatic carboxylic acids is 1. The lowest BCUT2D eigenvalue weighted by atomic mass is 10.1. The van der Waals surface area contributed by atoms with Crippen molar-refractivity contribution in [2.24, 2.45) is 5.92 Å². The maximum absolute atomic E-state index is 12.0. The number of rotatable bonds is 6. The highest BCUT2D eigenvalue weighted by Gasteiger charge is 2.12. The Kier molecular flexibility index (Phi) is 5.05. The van der Waals surface area contributed by atoms with E-state index >= 15 is 0 Å². The third-order valence-corrected chi connectivity index (χ3v) is 3.84. The second kappa shape index (κ2) is 6.99. The SMILES string of the molecule is CC(CNC(=O)c1cccc(C(=O)O)n1)Cc1cccs1. The molecule has 1 unspecified atom stereocenters. The molecule has 21 heavy (non-hydrogen) atoms. The Balaban J connectivity index is 1.89. The second-order valence-electron chi connectivity index (χ2n) is 4.81. The summed E-state index contributed by atoms with van der Waals surface area (Å²) in [7, 11) is 0. The second-order valence-corrected chi connectivity index (χ2v) is 5.84. The van der Waals surface area contributed by atoms with Gasteiger partial charge in [-0.1, -0.05) is 19.1 Å². The number of nitrogens with zero attached hydrogens (tertiary/aromatic N) is 1. The van der Waals surface area contributed by atoms with Crippen molar-refractivity contribution in [3.63, 3.8) is 0 Å². The summed E-state index contributed by atoms with van der Waals surface area (Å²) in [5, 5.41) is 13.7. The zero-order valence-electron chi connectivity index (χ0n) is 11.6. The lowest BCUT2D eigenvalue weighted by Crippen LogP contribution is -2.29. The van der Waals surface area contributed by atoms with Crippen LogP contribution in [-0.2, 0) is 6.42 Å². The highest BCUT2D eigenvalue weighted by atomic mass is 32.1. The van der Waals surface area contributed by atoms with Crippen molar-refractivity contribution in [1.82, 2.24) is 10.3 Å². The van der Waals surface area contributed by atoms with Gasteiger partial charge in [-0.05, 0) is 35.9 Å². The lowest BCUT2D eigenvalue weighted by molar-refractivity contribution is 0.0690. The molecule has 2 aromatic heterocycles. The fourth-order valence-electron chi connectivity index (χ4n) is 1.88. The molecule has 0 aliphatic rings. The number of nitrogens with one attached hydrogen (secondary N) is 1. The minimum Gasteiger partial charge on any atom is -0.477 e. The molecular formula is C15H16N2O3S. The predicted molar refractivity (Wildman–Crippen MR) is 80.7 cm³/mol. The molecule has 2 aromatic rings. The van der Waals surface area contributed by atoms with Crippen LogP contribution < -0.4 is 5.32 Å². The number of carbonyl (C=O) groups is 2. The Labute approximate surface area is 126 Å². The third kappa shape index (κ3) is 4.39. The normalized spacial score (nSPS) is 11.9. The number of carbonyl (C=O) groups excluding carboxylic acids is 1. The van der Waals surface area contributed by atoms with Crippen molar-refractivity contribution >= 4 is 23.2 Å². The number of thiophene rings is 1. The Bertz CT molecular complexity index is 626. The number of hydrogen-bond donors (Lipinski definition) is 2. The largest absolute Gasteiger partial charge is 0.477 e. The Morgan fingerprint density at radius 3 is 2.71 bits per heavy atom. The van der Waals surface area contributed by atoms with Gasteiger partial charge in [0.05, 0.1) is 0 Å². The molecule has 110 valence electrons. The van der Waals surface area contributed by atoms with Crippen LogP contribution in [-0.4, -0.2) is 28.5 Å². The molecule has 0 aliphatic carbocycles. The first-order valence-corrected chi connectivity index (χ1v) is 7.45. The van der Waals surface area contributed by atoms with E-state index in [0.29, 0.717) is 12.5 Å². The van der Waals surface area contributed by atoms with Gasteiger partial charge in [-0.3, -0.25) is 4.79 Å². The Morgan fingerprint density at radius 2 is 2.05 bits per heavy atom. The van der Waals surface area contributed by atoms with Gasteiger partial charge in [-0.15, -0.1) is 11.3 Å². The number of hydrogen-bond acceptors (Lipinski definition) is 4. The zero-order chi connectivity index (χ0) is 15.2. The van der Waals surface area contributed by atoms with Gasteiger partial charge in [-0.2, -0.15) is 0 Å². The van der Waals surface area contributed by atoms with Crippen LogP contribution in [0.15, 0.2) is 35.7 Å². The summed E-state index contributed by atoms with van der Waals surface area (Å²) in [6.45, 7) is 2.58. The average molecular weight is 304 g/mol. The fraction of sp³-hybridized carbons (Fsp3) is 0.267. The summed E-state index contributed by atoms with van der Waals surface area (Å²) in [6, 6.07) is 8.46. The summed E-state index contributed by atoms with van der Waals surface area (Å²) in [6.07, 6.45) is 0.903. The first kappa shape index (κ1) is 15.2. The average Bonchev–Trinajstić information content (AvgIpc) is 2.97. The molecule has 0 saturated heterocycles. The van der Waals surface area contributed by atoms with Gasteiger partial charge < -0.3 is 10.4 Å². The summed E-state index contributed by atoms with van der Waals surface area (Å²) in [5.41, 5.74) is -0.00694. The summed E-state index contributed by atoms with van der Waals surface area (Å²) >= 11 is 1.70. The van der Waals surface area contributed by atoms with E-state index < -0.39 is 5.97 Å². The fourth-order valence-corrected chi connectivity index (χ4v) is 2.75. The van der Waals surface area contributed by atoms with Crippen LogP contribution in [0.1, 0.15) is 32.8 Å². The maximum atomic E-state index is 12.0. The summed E-state index contributed by atoms with van der Waals surface area (Å²) < 4.78 is 0. The van der Waals surface area contributed by atoms with Gasteiger partial charge in [0.1, 0.15) is 11.4 Å². The molecule has 2 rings (SSSR count). The van der Waals surface area contributed by atoms with Crippen molar-refractivity contribution in [3.05, 3.63) is 52.0 Å². The molecule has 1 atom stereocenters. The van der Waals surface area contributed by atoms with Gasteiger partial charge >= 0.3 is 5.97 Å². The van der Waals surface area contributed by atoms with Crippen LogP contribution in [0.5, 0.6) is 0 Å². The van der Waals surface area contributed by atoms with E-state index in [2.05, 4.69) is 23.3 Å². The summed E-state index contributed by atoms with van der Waals surface area (Å²) in [4.78, 5) is 27.9. The molecule has 2 heterocycles. The van der Waals surface area contributed by atoms with Gasteiger partial charge in [-0.25, -0.2) is 9.78 Å².